The molecule has 0 saturated heterocycles. The molecule has 0 aliphatic heterocycles. The first-order valence-electron chi connectivity index (χ1n) is 3.67. The lowest BCUT2D eigenvalue weighted by molar-refractivity contribution is 0.0697. The van der Waals surface area contributed by atoms with Crippen molar-refractivity contribution in [2.75, 3.05) is 5.73 Å². The summed E-state index contributed by atoms with van der Waals surface area (Å²) in [5.41, 5.74) is 5.01. The van der Waals surface area contributed by atoms with E-state index in [1.165, 1.54) is 0 Å². The Labute approximate surface area is 77.0 Å². The Hall–Kier alpha value is -2.11. The summed E-state index contributed by atoms with van der Waals surface area (Å²) in [6.07, 6.45) is 0. The Kier molecular flexibility index (Phi) is 1.63. The number of aromatic nitrogens is 1. The lowest BCUT2D eigenvalue weighted by atomic mass is 10.2. The second kappa shape index (κ2) is 2.69. The molecule has 0 saturated carbocycles. The van der Waals surface area contributed by atoms with Crippen molar-refractivity contribution in [3.05, 3.63) is 23.5 Å². The summed E-state index contributed by atoms with van der Waals surface area (Å²) >= 11 is 0. The molecule has 1 aromatic carbocycles. The predicted molar refractivity (Wildman–Crippen MR) is 45.3 cm³/mol. The van der Waals surface area contributed by atoms with E-state index in [0.29, 0.717) is 0 Å². The number of benzene rings is 1. The fourth-order valence-electron chi connectivity index (χ4n) is 1.17. The van der Waals surface area contributed by atoms with Crippen LogP contribution in [-0.4, -0.2) is 16.1 Å². The van der Waals surface area contributed by atoms with Crippen molar-refractivity contribution >= 4 is 23.1 Å². The maximum Gasteiger partial charge on any atom is 0.339 e. The third-order valence-electron chi connectivity index (χ3n) is 1.70. The van der Waals surface area contributed by atoms with Crippen molar-refractivity contribution < 1.29 is 18.7 Å². The van der Waals surface area contributed by atoms with E-state index < -0.39 is 11.8 Å². The largest absolute Gasteiger partial charge is 0.478 e. The van der Waals surface area contributed by atoms with Gasteiger partial charge in [-0.3, -0.25) is 0 Å². The number of carbonyl (C=O) groups is 1. The summed E-state index contributed by atoms with van der Waals surface area (Å²) in [6.45, 7) is 0. The van der Waals surface area contributed by atoms with Crippen LogP contribution in [0.25, 0.3) is 11.1 Å². The zero-order chi connectivity index (χ0) is 10.3. The van der Waals surface area contributed by atoms with Gasteiger partial charge >= 0.3 is 5.97 Å². The Bertz CT molecular complexity index is 521. The summed E-state index contributed by atoms with van der Waals surface area (Å²) in [7, 11) is 0. The number of nitrogen functional groups attached to an aromatic ring is 1. The van der Waals surface area contributed by atoms with Crippen LogP contribution in [0.3, 0.4) is 0 Å². The van der Waals surface area contributed by atoms with Gasteiger partial charge in [-0.15, -0.1) is 0 Å². The van der Waals surface area contributed by atoms with Gasteiger partial charge in [-0.05, 0) is 6.07 Å². The molecule has 0 aliphatic rings. The van der Waals surface area contributed by atoms with Crippen LogP contribution in [0.5, 0.6) is 0 Å². The Morgan fingerprint density at radius 3 is 2.93 bits per heavy atom. The van der Waals surface area contributed by atoms with E-state index in [4.69, 9.17) is 15.3 Å². The van der Waals surface area contributed by atoms with Gasteiger partial charge in [0.2, 0.25) is 0 Å². The number of hydrogen-bond acceptors (Lipinski definition) is 4. The Morgan fingerprint density at radius 2 is 2.29 bits per heavy atom. The monoisotopic (exact) mass is 196 g/mol. The molecule has 2 rings (SSSR count). The number of carboxylic acids is 1. The molecule has 14 heavy (non-hydrogen) atoms. The van der Waals surface area contributed by atoms with Gasteiger partial charge in [0.1, 0.15) is 16.9 Å². The summed E-state index contributed by atoms with van der Waals surface area (Å²) in [5, 5.41) is 8.72. The molecular weight excluding hydrogens is 191 g/mol. The third-order valence-corrected chi connectivity index (χ3v) is 1.70. The van der Waals surface area contributed by atoms with Gasteiger partial charge in [-0.2, -0.15) is 4.98 Å². The highest BCUT2D eigenvalue weighted by Crippen LogP contribution is 2.22. The van der Waals surface area contributed by atoms with Crippen LogP contribution in [-0.2, 0) is 0 Å². The van der Waals surface area contributed by atoms with E-state index >= 15 is 0 Å². The van der Waals surface area contributed by atoms with Gasteiger partial charge in [0, 0.05) is 6.07 Å². The lowest BCUT2D eigenvalue weighted by Gasteiger charge is -1.94. The van der Waals surface area contributed by atoms with Gasteiger partial charge in [-0.25, -0.2) is 9.18 Å². The Balaban J connectivity index is 2.85. The lowest BCUT2D eigenvalue weighted by Crippen LogP contribution is -1.97. The highest BCUT2D eigenvalue weighted by Gasteiger charge is 2.15. The van der Waals surface area contributed by atoms with E-state index in [1.807, 2.05) is 0 Å². The minimum atomic E-state index is -1.29. The summed E-state index contributed by atoms with van der Waals surface area (Å²) in [5.74, 6) is -1.98. The average Bonchev–Trinajstić information content (AvgIpc) is 2.42. The summed E-state index contributed by atoms with van der Waals surface area (Å²) in [4.78, 5) is 14.3. The van der Waals surface area contributed by atoms with Crippen molar-refractivity contribution in [1.82, 2.24) is 4.98 Å². The van der Waals surface area contributed by atoms with Crippen molar-refractivity contribution in [3.8, 4) is 0 Å². The number of oxazole rings is 1. The van der Waals surface area contributed by atoms with Gasteiger partial charge in [-0.1, -0.05) is 0 Å². The van der Waals surface area contributed by atoms with Gasteiger partial charge < -0.3 is 15.3 Å². The number of nitrogens with zero attached hydrogens (tertiary/aromatic N) is 1. The molecule has 1 heterocycles. The van der Waals surface area contributed by atoms with Crippen molar-refractivity contribution in [2.45, 2.75) is 0 Å². The number of rotatable bonds is 1. The van der Waals surface area contributed by atoms with E-state index in [2.05, 4.69) is 4.98 Å². The normalized spacial score (nSPS) is 10.6. The molecule has 2 aromatic rings. The van der Waals surface area contributed by atoms with E-state index in [-0.39, 0.29) is 22.7 Å². The summed E-state index contributed by atoms with van der Waals surface area (Å²) in [6, 6.07) is 1.73. The van der Waals surface area contributed by atoms with Crippen LogP contribution >= 0.6 is 0 Å². The molecule has 72 valence electrons. The molecule has 0 amide bonds. The maximum atomic E-state index is 12.9. The van der Waals surface area contributed by atoms with Crippen LogP contribution in [0.1, 0.15) is 10.4 Å². The first-order valence-corrected chi connectivity index (χ1v) is 3.67. The molecule has 0 fully saturated rings. The van der Waals surface area contributed by atoms with Gasteiger partial charge in [0.05, 0.1) is 0 Å². The average molecular weight is 196 g/mol. The fraction of sp³-hybridized carbons (Fsp3) is 0. The number of nitrogens with two attached hydrogens (primary N) is 1. The van der Waals surface area contributed by atoms with Crippen LogP contribution in [0, 0.1) is 5.82 Å². The quantitative estimate of drug-likeness (QED) is 0.716. The molecule has 0 radical (unpaired) electrons. The standard InChI is InChI=1S/C8H5FN2O3/c9-3-1-4(7(12)13)6-5(2-3)11-8(10)14-6/h1-2H,(H2,10,11)(H,12,13). The van der Waals surface area contributed by atoms with Gasteiger partial charge in [0.15, 0.2) is 5.58 Å². The number of carboxylic acid groups (broad SMARTS) is 1. The van der Waals surface area contributed by atoms with E-state index in [0.717, 1.165) is 12.1 Å². The maximum absolute atomic E-state index is 12.9. The van der Waals surface area contributed by atoms with Crippen molar-refractivity contribution in [3.63, 3.8) is 0 Å². The molecule has 0 atom stereocenters. The molecule has 3 N–H and O–H groups in total. The number of aromatic carboxylic acids is 1. The molecule has 1 aromatic heterocycles. The van der Waals surface area contributed by atoms with Crippen molar-refractivity contribution in [2.24, 2.45) is 0 Å². The second-order valence-electron chi connectivity index (χ2n) is 2.66. The Morgan fingerprint density at radius 1 is 1.57 bits per heavy atom. The fourth-order valence-corrected chi connectivity index (χ4v) is 1.17. The third kappa shape index (κ3) is 1.17. The molecule has 0 aliphatic carbocycles. The molecule has 0 unspecified atom stereocenters. The van der Waals surface area contributed by atoms with Gasteiger partial charge in [0.25, 0.3) is 6.01 Å². The first kappa shape index (κ1) is 8.49. The molecule has 0 bridgehead atoms. The number of hydrogen-bond donors (Lipinski definition) is 2. The molecule has 0 spiro atoms. The smallest absolute Gasteiger partial charge is 0.339 e. The van der Waals surface area contributed by atoms with E-state index in [9.17, 15) is 9.18 Å². The zero-order valence-electron chi connectivity index (χ0n) is 6.82. The van der Waals surface area contributed by atoms with Crippen LogP contribution in [0.15, 0.2) is 16.5 Å². The zero-order valence-corrected chi connectivity index (χ0v) is 6.82. The topological polar surface area (TPSA) is 89.3 Å². The second-order valence-corrected chi connectivity index (χ2v) is 2.66. The van der Waals surface area contributed by atoms with Crippen LogP contribution in [0.4, 0.5) is 10.4 Å². The molecular formula is C8H5FN2O3. The molecule has 5 nitrogen and oxygen atoms in total. The number of fused-ring (bicyclic) bond motifs is 1. The predicted octanol–water partition coefficient (Wildman–Crippen LogP) is 1.25. The van der Waals surface area contributed by atoms with Crippen LogP contribution < -0.4 is 5.73 Å². The van der Waals surface area contributed by atoms with Crippen LogP contribution in [0.2, 0.25) is 0 Å². The highest BCUT2D eigenvalue weighted by atomic mass is 19.1. The van der Waals surface area contributed by atoms with Crippen molar-refractivity contribution in [1.29, 1.82) is 0 Å². The minimum absolute atomic E-state index is 0.0172. The van der Waals surface area contributed by atoms with E-state index in [1.54, 1.807) is 0 Å². The molecule has 6 heteroatoms. The number of halogens is 1. The highest BCUT2D eigenvalue weighted by molar-refractivity contribution is 6.00. The number of anilines is 1. The minimum Gasteiger partial charge on any atom is -0.478 e. The SMILES string of the molecule is Nc1nc2cc(F)cc(C(=O)O)c2o1. The summed E-state index contributed by atoms with van der Waals surface area (Å²) < 4.78 is 17.7. The first-order chi connectivity index (χ1) is 6.58.